The molecule has 3 N–H and O–H groups in total. The fourth-order valence-corrected chi connectivity index (χ4v) is 2.99. The zero-order valence-electron chi connectivity index (χ0n) is 13.5. The first kappa shape index (κ1) is 21.5. The third-order valence-corrected chi connectivity index (χ3v) is 4.96. The maximum Gasteiger partial charge on any atom is 0.253 e. The molecule has 4 nitrogen and oxygen atoms in total. The molecule has 0 aliphatic heterocycles. The summed E-state index contributed by atoms with van der Waals surface area (Å²) in [5, 5.41) is 8.70. The lowest BCUT2D eigenvalue weighted by atomic mass is 10.1. The van der Waals surface area contributed by atoms with Crippen LogP contribution in [0.2, 0.25) is 0 Å². The maximum absolute atomic E-state index is 12.5. The molecule has 0 bridgehead atoms. The van der Waals surface area contributed by atoms with E-state index in [1.54, 1.807) is 12.1 Å². The van der Waals surface area contributed by atoms with Gasteiger partial charge in [0, 0.05) is 14.8 Å². The lowest BCUT2D eigenvalue weighted by Gasteiger charge is -2.28. The average molecular weight is 543 g/mol. The van der Waals surface area contributed by atoms with Crippen LogP contribution < -0.4 is 16.0 Å². The van der Waals surface area contributed by atoms with E-state index in [1.165, 1.54) is 0 Å². The third kappa shape index (κ3) is 6.42. The first-order chi connectivity index (χ1) is 12.2. The van der Waals surface area contributed by atoms with Gasteiger partial charge in [-0.25, -0.2) is 0 Å². The van der Waals surface area contributed by atoms with Gasteiger partial charge in [-0.1, -0.05) is 53.0 Å². The Morgan fingerprint density at radius 2 is 1.69 bits per heavy atom. The minimum atomic E-state index is -1.81. The number of thiocarbonyl (C=S) groups is 1. The predicted octanol–water partition coefficient (Wildman–Crippen LogP) is 5.01. The van der Waals surface area contributed by atoms with Crippen molar-refractivity contribution in [3.8, 4) is 0 Å². The van der Waals surface area contributed by atoms with E-state index >= 15 is 0 Å². The van der Waals surface area contributed by atoms with Gasteiger partial charge in [0.15, 0.2) is 5.11 Å². The van der Waals surface area contributed by atoms with Crippen LogP contribution in [0.4, 0.5) is 5.69 Å². The number of carbonyl (C=O) groups is 1. The number of hydrogen-bond donors (Lipinski definition) is 3. The summed E-state index contributed by atoms with van der Waals surface area (Å²) in [5.74, 6) is -0.371. The molecule has 138 valence electrons. The number of benzene rings is 2. The molecule has 0 fully saturated rings. The Hall–Kier alpha value is -0.800. The zero-order valence-corrected chi connectivity index (χ0v) is 18.8. The van der Waals surface area contributed by atoms with E-state index in [9.17, 15) is 4.79 Å². The fraction of sp³-hybridized carbons (Fsp3) is 0.176. The van der Waals surface area contributed by atoms with Crippen LogP contribution in [0, 0.1) is 10.5 Å². The molecule has 2 rings (SSSR count). The van der Waals surface area contributed by atoms with Gasteiger partial charge in [0.2, 0.25) is 3.79 Å². The van der Waals surface area contributed by atoms with Gasteiger partial charge < -0.3 is 16.0 Å². The Morgan fingerprint density at radius 3 is 2.27 bits per heavy atom. The number of rotatable bonds is 4. The number of aryl methyl sites for hydroxylation is 1. The molecule has 0 aromatic heterocycles. The predicted molar refractivity (Wildman–Crippen MR) is 121 cm³/mol. The van der Waals surface area contributed by atoms with Crippen molar-refractivity contribution >= 4 is 86.3 Å². The molecular formula is C17H15Cl3IN3OS. The second-order valence-electron chi connectivity index (χ2n) is 5.37. The molecule has 2 aromatic rings. The van der Waals surface area contributed by atoms with Crippen LogP contribution in [-0.4, -0.2) is 21.0 Å². The van der Waals surface area contributed by atoms with Crippen molar-refractivity contribution in [1.82, 2.24) is 10.6 Å². The topological polar surface area (TPSA) is 53.2 Å². The summed E-state index contributed by atoms with van der Waals surface area (Å²) in [6.45, 7) is 1.83. The van der Waals surface area contributed by atoms with E-state index in [-0.39, 0.29) is 11.0 Å². The highest BCUT2D eigenvalue weighted by atomic mass is 127. The Balaban J connectivity index is 2.07. The van der Waals surface area contributed by atoms with Crippen LogP contribution >= 0.6 is 69.6 Å². The Bertz CT molecular complexity index is 797. The van der Waals surface area contributed by atoms with Crippen LogP contribution in [0.1, 0.15) is 15.9 Å². The number of anilines is 1. The van der Waals surface area contributed by atoms with Crippen molar-refractivity contribution in [2.75, 3.05) is 5.32 Å². The van der Waals surface area contributed by atoms with Gasteiger partial charge in [0.1, 0.15) is 6.17 Å². The first-order valence-electron chi connectivity index (χ1n) is 7.43. The molecule has 0 spiro atoms. The Morgan fingerprint density at radius 1 is 1.08 bits per heavy atom. The zero-order chi connectivity index (χ0) is 19.3. The molecular weight excluding hydrogens is 528 g/mol. The van der Waals surface area contributed by atoms with Gasteiger partial charge in [-0.3, -0.25) is 4.79 Å². The van der Waals surface area contributed by atoms with Crippen molar-refractivity contribution in [3.63, 3.8) is 0 Å². The molecule has 0 saturated heterocycles. The highest BCUT2D eigenvalue weighted by molar-refractivity contribution is 14.1. The first-order valence-corrected chi connectivity index (χ1v) is 10.0. The highest BCUT2D eigenvalue weighted by Gasteiger charge is 2.35. The van der Waals surface area contributed by atoms with Gasteiger partial charge in [-0.05, 0) is 77.6 Å². The van der Waals surface area contributed by atoms with E-state index < -0.39 is 9.96 Å². The molecule has 0 saturated carbocycles. The molecule has 0 unspecified atom stereocenters. The highest BCUT2D eigenvalue weighted by Crippen LogP contribution is 2.29. The second kappa shape index (κ2) is 9.41. The standard InChI is InChI=1S/C17H15Cl3IN3OS/c1-10-4-2-3-5-13(10)14(25)23-15(17(18,19)20)24-16(26)22-12-8-6-11(21)7-9-12/h2-9,15H,1H3,(H,23,25)(H2,22,24,26)/t15-/m0/s1. The average Bonchev–Trinajstić information content (AvgIpc) is 2.56. The van der Waals surface area contributed by atoms with E-state index in [4.69, 9.17) is 47.0 Å². The van der Waals surface area contributed by atoms with Gasteiger partial charge in [-0.15, -0.1) is 0 Å². The summed E-state index contributed by atoms with van der Waals surface area (Å²) in [5.41, 5.74) is 2.08. The van der Waals surface area contributed by atoms with Crippen LogP contribution in [0.25, 0.3) is 0 Å². The van der Waals surface area contributed by atoms with Crippen molar-refractivity contribution in [1.29, 1.82) is 0 Å². The summed E-state index contributed by atoms with van der Waals surface area (Å²) < 4.78 is -0.715. The largest absolute Gasteiger partial charge is 0.339 e. The number of hydrogen-bond acceptors (Lipinski definition) is 2. The van der Waals surface area contributed by atoms with Crippen LogP contribution in [0.3, 0.4) is 0 Å². The molecule has 0 radical (unpaired) electrons. The lowest BCUT2D eigenvalue weighted by Crippen LogP contribution is -2.56. The molecule has 9 heteroatoms. The molecule has 2 aromatic carbocycles. The maximum atomic E-state index is 12.5. The van der Waals surface area contributed by atoms with Gasteiger partial charge in [0.25, 0.3) is 5.91 Å². The Kier molecular flexibility index (Phi) is 7.78. The number of carbonyl (C=O) groups excluding carboxylic acids is 1. The van der Waals surface area contributed by atoms with Crippen molar-refractivity contribution in [3.05, 3.63) is 63.2 Å². The smallest absolute Gasteiger partial charge is 0.253 e. The summed E-state index contributed by atoms with van der Waals surface area (Å²) in [6, 6.07) is 14.7. The minimum absolute atomic E-state index is 0.215. The van der Waals surface area contributed by atoms with Gasteiger partial charge >= 0.3 is 0 Å². The van der Waals surface area contributed by atoms with E-state index in [2.05, 4.69) is 38.5 Å². The van der Waals surface area contributed by atoms with E-state index in [0.29, 0.717) is 5.56 Å². The second-order valence-corrected chi connectivity index (χ2v) is 9.39. The van der Waals surface area contributed by atoms with Crippen molar-refractivity contribution in [2.24, 2.45) is 0 Å². The number of amides is 1. The molecule has 26 heavy (non-hydrogen) atoms. The van der Waals surface area contributed by atoms with E-state index in [0.717, 1.165) is 14.8 Å². The molecule has 1 amide bonds. The van der Waals surface area contributed by atoms with Crippen LogP contribution in [0.5, 0.6) is 0 Å². The van der Waals surface area contributed by atoms with Gasteiger partial charge in [-0.2, -0.15) is 0 Å². The Labute approximate surface area is 186 Å². The summed E-state index contributed by atoms with van der Waals surface area (Å²) >= 11 is 25.5. The SMILES string of the molecule is Cc1ccccc1C(=O)N[C@@H](NC(=S)Nc1ccc(I)cc1)C(Cl)(Cl)Cl. The summed E-state index contributed by atoms with van der Waals surface area (Å²) in [6.07, 6.45) is -1.02. The van der Waals surface area contributed by atoms with Crippen molar-refractivity contribution < 1.29 is 4.79 Å². The molecule has 1 atom stereocenters. The van der Waals surface area contributed by atoms with Crippen LogP contribution in [-0.2, 0) is 0 Å². The monoisotopic (exact) mass is 541 g/mol. The van der Waals surface area contributed by atoms with Crippen LogP contribution in [0.15, 0.2) is 48.5 Å². The lowest BCUT2D eigenvalue weighted by molar-refractivity contribution is 0.0934. The number of nitrogens with one attached hydrogen (secondary N) is 3. The number of halogens is 4. The molecule has 0 aliphatic rings. The van der Waals surface area contributed by atoms with Crippen molar-refractivity contribution in [2.45, 2.75) is 16.9 Å². The minimum Gasteiger partial charge on any atom is -0.339 e. The summed E-state index contributed by atoms with van der Waals surface area (Å²) in [4.78, 5) is 12.5. The normalized spacial score (nSPS) is 12.2. The fourth-order valence-electron chi connectivity index (χ4n) is 2.07. The number of alkyl halides is 3. The van der Waals surface area contributed by atoms with E-state index in [1.807, 2.05) is 43.3 Å². The van der Waals surface area contributed by atoms with Gasteiger partial charge in [0.05, 0.1) is 0 Å². The quantitative estimate of drug-likeness (QED) is 0.220. The molecule has 0 aliphatic carbocycles. The summed E-state index contributed by atoms with van der Waals surface area (Å²) in [7, 11) is 0. The molecule has 0 heterocycles. The third-order valence-electron chi connectivity index (χ3n) is 3.37.